The SMILES string of the molecule is F.F.F.F.F.F.F.F.[Os]. The Morgan fingerprint density at radius 3 is 0.222 bits per heavy atom. The minimum Gasteiger partial charge on any atom is -0.269 e. The van der Waals surface area contributed by atoms with E-state index in [1.165, 1.54) is 0 Å². The maximum atomic E-state index is 0. The molecule has 0 aliphatic carbocycles. The standard InChI is InChI=1S/8FH.Os/h8*1H;. The molecule has 0 aromatic heterocycles. The largest absolute Gasteiger partial charge is 0.269 e. The molecule has 0 rings (SSSR count). The Morgan fingerprint density at radius 2 is 0.222 bits per heavy atom. The Hall–Kier alpha value is 0.0764. The van der Waals surface area contributed by atoms with Gasteiger partial charge in [-0.3, -0.25) is 37.6 Å². The van der Waals surface area contributed by atoms with Crippen LogP contribution in [-0.4, -0.2) is 0 Å². The molecule has 9 heavy (non-hydrogen) atoms. The van der Waals surface area contributed by atoms with Crippen LogP contribution >= 0.6 is 0 Å². The molecule has 0 atom stereocenters. The van der Waals surface area contributed by atoms with Gasteiger partial charge in [0, 0.05) is 19.8 Å². The summed E-state index contributed by atoms with van der Waals surface area (Å²) in [5, 5.41) is 0. The van der Waals surface area contributed by atoms with Gasteiger partial charge in [0.15, 0.2) is 0 Å². The van der Waals surface area contributed by atoms with Gasteiger partial charge in [-0.15, -0.1) is 0 Å². The van der Waals surface area contributed by atoms with E-state index < -0.39 is 0 Å². The summed E-state index contributed by atoms with van der Waals surface area (Å²) in [7, 11) is 0. The van der Waals surface area contributed by atoms with E-state index in [0.717, 1.165) is 0 Å². The van der Waals surface area contributed by atoms with Gasteiger partial charge in [-0.2, -0.15) is 0 Å². The molecule has 0 N–H and O–H groups in total. The van der Waals surface area contributed by atoms with E-state index in [9.17, 15) is 0 Å². The number of halogens is 8. The molecule has 0 bridgehead atoms. The van der Waals surface area contributed by atoms with Crippen molar-refractivity contribution in [3.05, 3.63) is 0 Å². The molecule has 0 aromatic carbocycles. The summed E-state index contributed by atoms with van der Waals surface area (Å²) >= 11 is 0. The maximum absolute atomic E-state index is 0. The monoisotopic (exact) mass is 352 g/mol. The summed E-state index contributed by atoms with van der Waals surface area (Å²) in [5.41, 5.74) is 0. The van der Waals surface area contributed by atoms with Crippen LogP contribution in [0.2, 0.25) is 0 Å². The predicted octanol–water partition coefficient (Wildman–Crippen LogP) is 1.22. The van der Waals surface area contributed by atoms with Crippen LogP contribution in [0.3, 0.4) is 0 Å². The van der Waals surface area contributed by atoms with Gasteiger partial charge in [-0.1, -0.05) is 0 Å². The molecule has 0 heterocycles. The minimum atomic E-state index is 0. The fourth-order valence-corrected chi connectivity index (χ4v) is 0. The van der Waals surface area contributed by atoms with Crippen molar-refractivity contribution in [3.8, 4) is 0 Å². The Kier molecular flexibility index (Phi) is 782000000. The van der Waals surface area contributed by atoms with E-state index in [2.05, 4.69) is 0 Å². The van der Waals surface area contributed by atoms with Crippen molar-refractivity contribution in [1.82, 2.24) is 0 Å². The zero-order valence-electron chi connectivity index (χ0n) is 3.62. The van der Waals surface area contributed by atoms with Crippen molar-refractivity contribution >= 4 is 0 Å². The van der Waals surface area contributed by atoms with Gasteiger partial charge in [-0.25, -0.2) is 0 Å². The van der Waals surface area contributed by atoms with Crippen LogP contribution in [0, 0.1) is 0 Å². The second kappa shape index (κ2) is 69400. The van der Waals surface area contributed by atoms with Crippen molar-refractivity contribution in [2.75, 3.05) is 0 Å². The number of hydrogen-bond acceptors (Lipinski definition) is 0. The third-order valence-electron chi connectivity index (χ3n) is 0. The zero-order valence-corrected chi connectivity index (χ0v) is 6.16. The van der Waals surface area contributed by atoms with Crippen LogP contribution in [0.25, 0.3) is 0 Å². The van der Waals surface area contributed by atoms with E-state index in [1.54, 1.807) is 0 Å². The fraction of sp³-hybridized carbons (Fsp3) is 0. The third kappa shape index (κ3) is 51100. The van der Waals surface area contributed by atoms with Gasteiger partial charge in [0.25, 0.3) is 0 Å². The van der Waals surface area contributed by atoms with Crippen molar-refractivity contribution in [2.24, 2.45) is 0 Å². The van der Waals surface area contributed by atoms with Gasteiger partial charge < -0.3 is 0 Å². The van der Waals surface area contributed by atoms with Gasteiger partial charge in [-0.05, 0) is 0 Å². The molecule has 0 saturated heterocycles. The van der Waals surface area contributed by atoms with Gasteiger partial charge >= 0.3 is 0 Å². The fourth-order valence-electron chi connectivity index (χ4n) is 0. The zero-order chi connectivity index (χ0) is 0. The first-order valence-electron chi connectivity index (χ1n) is 0. The summed E-state index contributed by atoms with van der Waals surface area (Å²) < 4.78 is 0. The van der Waals surface area contributed by atoms with Gasteiger partial charge in [0.2, 0.25) is 0 Å². The quantitative estimate of drug-likeness (QED) is 0.577. The molecule has 0 nitrogen and oxygen atoms in total. The Labute approximate surface area is 58.4 Å². The molecule has 0 spiro atoms. The molecule has 0 aliphatic heterocycles. The van der Waals surface area contributed by atoms with Crippen LogP contribution < -0.4 is 0 Å². The van der Waals surface area contributed by atoms with Crippen LogP contribution in [-0.2, 0) is 19.8 Å². The molecular weight excluding hydrogens is 342 g/mol. The summed E-state index contributed by atoms with van der Waals surface area (Å²) in [6.07, 6.45) is 0. The molecular formula is H8F8Os. The van der Waals surface area contributed by atoms with Crippen LogP contribution in [0.1, 0.15) is 0 Å². The number of rotatable bonds is 0. The predicted molar refractivity (Wildman–Crippen MR) is 20.0 cm³/mol. The van der Waals surface area contributed by atoms with Crippen molar-refractivity contribution in [3.63, 3.8) is 0 Å². The number of hydrogen-bond donors (Lipinski definition) is 0. The van der Waals surface area contributed by atoms with E-state index >= 15 is 0 Å². The van der Waals surface area contributed by atoms with E-state index in [0.29, 0.717) is 0 Å². The second-order valence-electron chi connectivity index (χ2n) is 0. The van der Waals surface area contributed by atoms with Crippen molar-refractivity contribution in [1.29, 1.82) is 0 Å². The summed E-state index contributed by atoms with van der Waals surface area (Å²) in [4.78, 5) is 0. The topological polar surface area (TPSA) is 0 Å². The molecule has 0 unspecified atom stereocenters. The van der Waals surface area contributed by atoms with Gasteiger partial charge in [0.1, 0.15) is 0 Å². The molecule has 0 amide bonds. The Morgan fingerprint density at radius 1 is 0.222 bits per heavy atom. The van der Waals surface area contributed by atoms with E-state index in [-0.39, 0.29) is 57.4 Å². The first kappa shape index (κ1) is 102000. The molecule has 0 fully saturated rings. The average Bonchev–Trinajstić information content (AvgIpc) is 0. The Bertz CT molecular complexity index is 4.53. The van der Waals surface area contributed by atoms with Crippen LogP contribution in [0.15, 0.2) is 0 Å². The smallest absolute Gasteiger partial charge is 0 e. The van der Waals surface area contributed by atoms with Gasteiger partial charge in [0.05, 0.1) is 0 Å². The average molecular weight is 350 g/mol. The Balaban J connectivity index is 0. The van der Waals surface area contributed by atoms with Crippen LogP contribution in [0.4, 0.5) is 37.6 Å². The molecule has 72 valence electrons. The first-order chi connectivity index (χ1) is 0. The molecule has 0 radical (unpaired) electrons. The van der Waals surface area contributed by atoms with Crippen molar-refractivity contribution < 1.29 is 57.4 Å². The third-order valence-corrected chi connectivity index (χ3v) is 0. The molecule has 9 heteroatoms. The first-order valence-corrected chi connectivity index (χ1v) is 0. The minimum absolute atomic E-state index is 0. The van der Waals surface area contributed by atoms with E-state index in [4.69, 9.17) is 0 Å². The summed E-state index contributed by atoms with van der Waals surface area (Å²) in [5.74, 6) is 0. The van der Waals surface area contributed by atoms with Crippen molar-refractivity contribution in [2.45, 2.75) is 0 Å². The van der Waals surface area contributed by atoms with Crippen LogP contribution in [0.5, 0.6) is 0 Å². The molecule has 0 aliphatic rings. The second-order valence-corrected chi connectivity index (χ2v) is 0. The molecule has 0 aromatic rings. The molecule has 0 saturated carbocycles. The maximum Gasteiger partial charge on any atom is 0 e. The normalized spacial score (nSPS) is 0. The summed E-state index contributed by atoms with van der Waals surface area (Å²) in [6.45, 7) is 0. The summed E-state index contributed by atoms with van der Waals surface area (Å²) in [6, 6.07) is 0. The van der Waals surface area contributed by atoms with E-state index in [1.807, 2.05) is 0 Å².